The summed E-state index contributed by atoms with van der Waals surface area (Å²) >= 11 is 0. The molecule has 0 aromatic heterocycles. The summed E-state index contributed by atoms with van der Waals surface area (Å²) in [4.78, 5) is 0. The third-order valence-corrected chi connectivity index (χ3v) is 5.35. The van der Waals surface area contributed by atoms with Crippen molar-refractivity contribution in [1.82, 2.24) is 0 Å². The van der Waals surface area contributed by atoms with Gasteiger partial charge >= 0.3 is 0 Å². The van der Waals surface area contributed by atoms with Gasteiger partial charge in [-0.15, -0.1) is 0 Å². The minimum Gasteiger partial charge on any atom is -0.355 e. The van der Waals surface area contributed by atoms with Gasteiger partial charge in [0.15, 0.2) is 0 Å². The molecule has 1 aliphatic rings. The zero-order valence-electron chi connectivity index (χ0n) is 14.5. The smallest absolute Gasteiger partial charge is 0.0443 e. The van der Waals surface area contributed by atoms with E-state index < -0.39 is 0 Å². The van der Waals surface area contributed by atoms with E-state index in [0.29, 0.717) is 5.92 Å². The van der Waals surface area contributed by atoms with Crippen molar-refractivity contribution in [3.8, 4) is 0 Å². The zero-order chi connectivity index (χ0) is 15.8. The minimum atomic E-state index is 0.193. The lowest BCUT2D eigenvalue weighted by atomic mass is 9.60. The Hall–Kier alpha value is -1.50. The number of allylic oxidation sites excluding steroid dienone is 3. The van der Waals surface area contributed by atoms with E-state index in [-0.39, 0.29) is 10.8 Å². The average Bonchev–Trinajstić information content (AvgIpc) is 2.37. The summed E-state index contributed by atoms with van der Waals surface area (Å²) in [6.45, 7) is 16.0. The fraction of sp³-hybridized carbons (Fsp3) is 0.500. The lowest BCUT2D eigenvalue weighted by Gasteiger charge is -2.45. The van der Waals surface area contributed by atoms with Crippen LogP contribution in [0.3, 0.4) is 0 Å². The van der Waals surface area contributed by atoms with E-state index in [2.05, 4.69) is 90.2 Å². The topological polar surface area (TPSA) is 12.0 Å². The van der Waals surface area contributed by atoms with Gasteiger partial charge in [0, 0.05) is 11.4 Å². The van der Waals surface area contributed by atoms with Crippen LogP contribution in [0, 0.1) is 30.6 Å². The molecule has 0 aliphatic heterocycles. The minimum absolute atomic E-state index is 0.193. The molecule has 1 aromatic carbocycles. The molecule has 21 heavy (non-hydrogen) atoms. The van der Waals surface area contributed by atoms with Crippen LogP contribution in [0.15, 0.2) is 42.1 Å². The van der Waals surface area contributed by atoms with E-state index >= 15 is 0 Å². The van der Waals surface area contributed by atoms with Crippen LogP contribution in [-0.4, -0.2) is 0 Å². The molecule has 0 fully saturated rings. The van der Waals surface area contributed by atoms with Crippen LogP contribution in [0.5, 0.6) is 0 Å². The highest BCUT2D eigenvalue weighted by atomic mass is 14.9. The monoisotopic (exact) mass is 283 g/mol. The molecule has 0 saturated heterocycles. The van der Waals surface area contributed by atoms with E-state index in [1.54, 1.807) is 0 Å². The van der Waals surface area contributed by atoms with Gasteiger partial charge in [0.25, 0.3) is 0 Å². The second-order valence-electron chi connectivity index (χ2n) is 7.67. The number of rotatable bonds is 2. The molecule has 1 heteroatoms. The van der Waals surface area contributed by atoms with Gasteiger partial charge in [-0.25, -0.2) is 0 Å². The van der Waals surface area contributed by atoms with Gasteiger partial charge in [-0.1, -0.05) is 65.0 Å². The van der Waals surface area contributed by atoms with Crippen LogP contribution in [-0.2, 0) is 0 Å². The first-order valence-electron chi connectivity index (χ1n) is 7.89. The Morgan fingerprint density at radius 2 is 1.67 bits per heavy atom. The fourth-order valence-electron chi connectivity index (χ4n) is 3.08. The first-order valence-corrected chi connectivity index (χ1v) is 7.89. The first-order chi connectivity index (χ1) is 9.65. The normalized spacial score (nSPS) is 25.7. The quantitative estimate of drug-likeness (QED) is 0.717. The fourth-order valence-corrected chi connectivity index (χ4v) is 3.08. The SMILES string of the molecule is Cc1cccc(C)c1NC1=CC(C)C(C)(C(C)(C)C)C=C1. The predicted octanol–water partition coefficient (Wildman–Crippen LogP) is 5.86. The summed E-state index contributed by atoms with van der Waals surface area (Å²) in [6.07, 6.45) is 7.00. The maximum Gasteiger partial charge on any atom is 0.0443 e. The summed E-state index contributed by atoms with van der Waals surface area (Å²) in [6, 6.07) is 6.43. The van der Waals surface area contributed by atoms with Crippen LogP contribution < -0.4 is 5.32 Å². The molecule has 1 aromatic rings. The molecule has 2 atom stereocenters. The highest BCUT2D eigenvalue weighted by Crippen LogP contribution is 2.48. The molecular formula is C20H29N. The van der Waals surface area contributed by atoms with Crippen LogP contribution in [0.25, 0.3) is 0 Å². The lowest BCUT2D eigenvalue weighted by Crippen LogP contribution is -2.38. The van der Waals surface area contributed by atoms with Gasteiger partial charge in [0.05, 0.1) is 0 Å². The van der Waals surface area contributed by atoms with Crippen molar-refractivity contribution in [1.29, 1.82) is 0 Å². The lowest BCUT2D eigenvalue weighted by molar-refractivity contribution is 0.120. The Morgan fingerprint density at radius 3 is 2.14 bits per heavy atom. The largest absolute Gasteiger partial charge is 0.355 e. The Balaban J connectivity index is 2.26. The number of anilines is 1. The van der Waals surface area contributed by atoms with Gasteiger partial charge in [-0.05, 0) is 47.8 Å². The third-order valence-electron chi connectivity index (χ3n) is 5.35. The molecule has 0 saturated carbocycles. The molecule has 0 bridgehead atoms. The second kappa shape index (κ2) is 5.36. The van der Waals surface area contributed by atoms with Crippen molar-refractivity contribution in [3.05, 3.63) is 53.3 Å². The molecule has 0 amide bonds. The van der Waals surface area contributed by atoms with Crippen molar-refractivity contribution < 1.29 is 0 Å². The number of hydrogen-bond acceptors (Lipinski definition) is 1. The summed E-state index contributed by atoms with van der Waals surface area (Å²) in [5, 5.41) is 3.61. The molecular weight excluding hydrogens is 254 g/mol. The van der Waals surface area contributed by atoms with Gasteiger partial charge in [0.1, 0.15) is 0 Å². The van der Waals surface area contributed by atoms with E-state index in [1.807, 2.05) is 0 Å². The number of hydrogen-bond donors (Lipinski definition) is 1. The Labute approximate surface area is 130 Å². The molecule has 1 aliphatic carbocycles. The van der Waals surface area contributed by atoms with E-state index in [1.165, 1.54) is 22.5 Å². The van der Waals surface area contributed by atoms with Crippen LogP contribution in [0.4, 0.5) is 5.69 Å². The second-order valence-corrected chi connectivity index (χ2v) is 7.67. The molecule has 0 heterocycles. The molecule has 2 rings (SSSR count). The first kappa shape index (κ1) is 15.9. The maximum absolute atomic E-state index is 3.61. The summed E-state index contributed by atoms with van der Waals surface area (Å²) < 4.78 is 0. The zero-order valence-corrected chi connectivity index (χ0v) is 14.5. The predicted molar refractivity (Wildman–Crippen MR) is 93.5 cm³/mol. The van der Waals surface area contributed by atoms with Crippen LogP contribution >= 0.6 is 0 Å². The molecule has 0 spiro atoms. The van der Waals surface area contributed by atoms with Gasteiger partial charge < -0.3 is 5.32 Å². The van der Waals surface area contributed by atoms with Gasteiger partial charge in [0.2, 0.25) is 0 Å². The summed E-state index contributed by atoms with van der Waals surface area (Å²) in [7, 11) is 0. The van der Waals surface area contributed by atoms with E-state index in [4.69, 9.17) is 0 Å². The highest BCUT2D eigenvalue weighted by Gasteiger charge is 2.40. The summed E-state index contributed by atoms with van der Waals surface area (Å²) in [5.74, 6) is 0.509. The van der Waals surface area contributed by atoms with E-state index in [0.717, 1.165) is 0 Å². The molecule has 0 radical (unpaired) electrons. The van der Waals surface area contributed by atoms with Crippen molar-refractivity contribution in [2.24, 2.45) is 16.7 Å². The Bertz CT molecular complexity index is 566. The molecule has 2 unspecified atom stereocenters. The Morgan fingerprint density at radius 1 is 1.10 bits per heavy atom. The summed E-state index contributed by atoms with van der Waals surface area (Å²) in [5.41, 5.74) is 5.48. The van der Waals surface area contributed by atoms with Crippen molar-refractivity contribution in [2.75, 3.05) is 5.32 Å². The van der Waals surface area contributed by atoms with Crippen LogP contribution in [0.1, 0.15) is 45.7 Å². The standard InChI is InChI=1S/C20H29N/c1-14-9-8-10-15(2)18(14)21-17-11-12-20(7,16(3)13-17)19(4,5)6/h8-13,16,21H,1-7H3. The van der Waals surface area contributed by atoms with Crippen molar-refractivity contribution in [3.63, 3.8) is 0 Å². The van der Waals surface area contributed by atoms with Gasteiger partial charge in [-0.3, -0.25) is 0 Å². The number of para-hydroxylation sites is 1. The number of aryl methyl sites for hydroxylation is 2. The Kier molecular flexibility index (Phi) is 4.06. The van der Waals surface area contributed by atoms with Crippen LogP contribution in [0.2, 0.25) is 0 Å². The number of benzene rings is 1. The van der Waals surface area contributed by atoms with Crippen molar-refractivity contribution >= 4 is 5.69 Å². The third kappa shape index (κ3) is 2.92. The van der Waals surface area contributed by atoms with E-state index in [9.17, 15) is 0 Å². The average molecular weight is 283 g/mol. The molecule has 114 valence electrons. The van der Waals surface area contributed by atoms with Gasteiger partial charge in [-0.2, -0.15) is 0 Å². The van der Waals surface area contributed by atoms with Crippen molar-refractivity contribution in [2.45, 2.75) is 48.5 Å². The maximum atomic E-state index is 3.61. The molecule has 1 nitrogen and oxygen atoms in total. The number of nitrogens with one attached hydrogen (secondary N) is 1. The highest BCUT2D eigenvalue weighted by molar-refractivity contribution is 5.61. The molecule has 1 N–H and O–H groups in total.